The standard InChI is InChI=1S/C36H40N4O6/c1-24-31(34(41)45-3)33(28-15-10-16-29(21-28)40(43)44)32(25(2)38-24)35(42)46-36(22-37)18-20-39(23-36)19-17-30(26-11-6-4-7-12-26)27-13-8-5-9-14-27/h4-16,21,30,33,38H,17-20,22-23,37H2,1-3H3/t33?,36-/m0/s1. The van der Waals surface area contributed by atoms with Crippen LogP contribution in [0.5, 0.6) is 0 Å². The molecule has 1 fully saturated rings. The van der Waals surface area contributed by atoms with Crippen LogP contribution < -0.4 is 11.1 Å². The van der Waals surface area contributed by atoms with Crippen LogP contribution in [0.2, 0.25) is 0 Å². The number of dihydropyridines is 1. The Labute approximate surface area is 269 Å². The van der Waals surface area contributed by atoms with Gasteiger partial charge in [0.2, 0.25) is 0 Å². The lowest BCUT2D eigenvalue weighted by Crippen LogP contribution is -2.46. The summed E-state index contributed by atoms with van der Waals surface area (Å²) in [6, 6.07) is 26.8. The summed E-state index contributed by atoms with van der Waals surface area (Å²) >= 11 is 0. The molecule has 2 atom stereocenters. The molecule has 0 spiro atoms. The first-order valence-electron chi connectivity index (χ1n) is 15.4. The van der Waals surface area contributed by atoms with Crippen molar-refractivity contribution >= 4 is 17.6 Å². The highest BCUT2D eigenvalue weighted by molar-refractivity contribution is 6.00. The number of benzene rings is 3. The number of nitrogens with zero attached hydrogens (tertiary/aromatic N) is 2. The van der Waals surface area contributed by atoms with E-state index in [1.54, 1.807) is 19.9 Å². The summed E-state index contributed by atoms with van der Waals surface area (Å²) < 4.78 is 11.4. The Bertz CT molecular complexity index is 1620. The molecule has 1 saturated heterocycles. The number of methoxy groups -OCH3 is 1. The van der Waals surface area contributed by atoms with E-state index in [2.05, 4.69) is 58.7 Å². The highest BCUT2D eigenvalue weighted by Gasteiger charge is 2.44. The van der Waals surface area contributed by atoms with E-state index in [0.29, 0.717) is 36.5 Å². The molecule has 3 aromatic carbocycles. The van der Waals surface area contributed by atoms with E-state index < -0.39 is 28.4 Å². The van der Waals surface area contributed by atoms with Crippen LogP contribution in [0.25, 0.3) is 0 Å². The first kappa shape index (κ1) is 32.6. The first-order valence-corrected chi connectivity index (χ1v) is 15.4. The molecule has 2 heterocycles. The van der Waals surface area contributed by atoms with Crippen LogP contribution in [0.3, 0.4) is 0 Å². The molecule has 2 aliphatic heterocycles. The van der Waals surface area contributed by atoms with E-state index in [0.717, 1.165) is 13.0 Å². The first-order chi connectivity index (χ1) is 22.2. The lowest BCUT2D eigenvalue weighted by molar-refractivity contribution is -0.384. The third-order valence-corrected chi connectivity index (χ3v) is 9.01. The lowest BCUT2D eigenvalue weighted by Gasteiger charge is -2.34. The summed E-state index contributed by atoms with van der Waals surface area (Å²) in [5.74, 6) is -2.01. The van der Waals surface area contributed by atoms with Crippen molar-refractivity contribution in [3.8, 4) is 0 Å². The highest BCUT2D eigenvalue weighted by atomic mass is 16.6. The average Bonchev–Trinajstić information content (AvgIpc) is 3.48. The molecule has 240 valence electrons. The van der Waals surface area contributed by atoms with Crippen LogP contribution in [-0.2, 0) is 19.1 Å². The quantitative estimate of drug-likeness (QED) is 0.168. The highest BCUT2D eigenvalue weighted by Crippen LogP contribution is 2.41. The molecule has 0 radical (unpaired) electrons. The van der Waals surface area contributed by atoms with Crippen LogP contribution in [0.15, 0.2) is 107 Å². The number of nitro benzene ring substituents is 1. The summed E-state index contributed by atoms with van der Waals surface area (Å²) in [5, 5.41) is 14.7. The van der Waals surface area contributed by atoms with Gasteiger partial charge in [-0.25, -0.2) is 9.59 Å². The lowest BCUT2D eigenvalue weighted by atomic mass is 9.80. The van der Waals surface area contributed by atoms with Gasteiger partial charge in [0.1, 0.15) is 5.60 Å². The summed E-state index contributed by atoms with van der Waals surface area (Å²) in [4.78, 5) is 40.6. The fourth-order valence-electron chi connectivity index (χ4n) is 6.67. The number of nitrogens with two attached hydrogens (primary N) is 1. The number of likely N-dealkylation sites (tertiary alicyclic amines) is 1. The summed E-state index contributed by atoms with van der Waals surface area (Å²) in [5.41, 5.74) is 9.46. The van der Waals surface area contributed by atoms with E-state index in [9.17, 15) is 19.7 Å². The van der Waals surface area contributed by atoms with Crippen LogP contribution >= 0.6 is 0 Å². The van der Waals surface area contributed by atoms with Crippen molar-refractivity contribution in [1.29, 1.82) is 0 Å². The Morgan fingerprint density at radius 1 is 0.978 bits per heavy atom. The minimum absolute atomic E-state index is 0.121. The largest absolute Gasteiger partial charge is 0.466 e. The zero-order chi connectivity index (χ0) is 32.8. The van der Waals surface area contributed by atoms with E-state index in [1.165, 1.54) is 36.4 Å². The van der Waals surface area contributed by atoms with Crippen molar-refractivity contribution < 1.29 is 24.0 Å². The maximum atomic E-state index is 14.1. The topological polar surface area (TPSA) is 137 Å². The predicted octanol–water partition coefficient (Wildman–Crippen LogP) is 5.17. The van der Waals surface area contributed by atoms with E-state index in [-0.39, 0.29) is 29.3 Å². The van der Waals surface area contributed by atoms with E-state index in [1.807, 2.05) is 12.1 Å². The molecule has 0 aromatic heterocycles. The molecule has 2 aliphatic rings. The van der Waals surface area contributed by atoms with Crippen LogP contribution in [0.1, 0.15) is 55.2 Å². The molecule has 0 amide bonds. The normalized spacial score (nSPS) is 20.1. The molecule has 0 bridgehead atoms. The number of nitrogens with one attached hydrogen (secondary N) is 1. The van der Waals surface area contributed by atoms with Gasteiger partial charge >= 0.3 is 11.9 Å². The van der Waals surface area contributed by atoms with Gasteiger partial charge in [0, 0.05) is 55.5 Å². The smallest absolute Gasteiger partial charge is 0.337 e. The molecule has 3 N–H and O–H groups in total. The fourth-order valence-corrected chi connectivity index (χ4v) is 6.67. The number of carbonyl (C=O) groups is 2. The van der Waals surface area contributed by atoms with Crippen LogP contribution in [0, 0.1) is 10.1 Å². The Hall–Kier alpha value is -4.80. The van der Waals surface area contributed by atoms with Crippen molar-refractivity contribution in [1.82, 2.24) is 10.2 Å². The van der Waals surface area contributed by atoms with Crippen molar-refractivity contribution in [3.63, 3.8) is 0 Å². The Morgan fingerprint density at radius 2 is 1.59 bits per heavy atom. The molecule has 5 rings (SSSR count). The second-order valence-electron chi connectivity index (χ2n) is 11.9. The summed E-state index contributed by atoms with van der Waals surface area (Å²) in [7, 11) is 1.26. The molecule has 10 heteroatoms. The number of hydrogen-bond donors (Lipinski definition) is 2. The number of carbonyl (C=O) groups excluding carboxylic acids is 2. The van der Waals surface area contributed by atoms with Gasteiger partial charge in [-0.2, -0.15) is 0 Å². The number of rotatable bonds is 11. The van der Waals surface area contributed by atoms with Gasteiger partial charge in [0.25, 0.3) is 5.69 Å². The summed E-state index contributed by atoms with van der Waals surface area (Å²) in [6.45, 7) is 5.50. The van der Waals surface area contributed by atoms with Gasteiger partial charge < -0.3 is 20.5 Å². The minimum atomic E-state index is -0.939. The van der Waals surface area contributed by atoms with E-state index in [4.69, 9.17) is 15.2 Å². The average molecular weight is 625 g/mol. The minimum Gasteiger partial charge on any atom is -0.466 e. The molecule has 46 heavy (non-hydrogen) atoms. The number of allylic oxidation sites excluding steroid dienone is 2. The number of esters is 2. The molecule has 1 unspecified atom stereocenters. The SMILES string of the molecule is COC(=O)C1=C(C)NC(C)=C(C(=O)O[C@]2(CN)CCN(CCC(c3ccccc3)c3ccccc3)C2)C1c1cccc([N+](=O)[O-])c1. The number of nitro groups is 1. The number of non-ortho nitro benzene ring substituents is 1. The van der Waals surface area contributed by atoms with Crippen LogP contribution in [-0.4, -0.2) is 60.7 Å². The van der Waals surface area contributed by atoms with Crippen molar-refractivity contribution in [2.45, 2.75) is 44.1 Å². The maximum absolute atomic E-state index is 14.1. The molecular formula is C36H40N4O6. The number of hydrogen-bond acceptors (Lipinski definition) is 9. The van der Waals surface area contributed by atoms with Gasteiger partial charge in [-0.1, -0.05) is 72.8 Å². The second-order valence-corrected chi connectivity index (χ2v) is 11.9. The van der Waals surface area contributed by atoms with Crippen LogP contribution in [0.4, 0.5) is 5.69 Å². The van der Waals surface area contributed by atoms with Crippen molar-refractivity contribution in [2.75, 3.05) is 33.3 Å². The summed E-state index contributed by atoms with van der Waals surface area (Å²) in [6.07, 6.45) is 1.43. The third kappa shape index (κ3) is 6.88. The maximum Gasteiger partial charge on any atom is 0.337 e. The van der Waals surface area contributed by atoms with Gasteiger partial charge in [0.05, 0.1) is 29.1 Å². The Morgan fingerprint density at radius 3 is 2.15 bits per heavy atom. The molecular weight excluding hydrogens is 584 g/mol. The Balaban J connectivity index is 1.38. The van der Waals surface area contributed by atoms with Gasteiger partial charge in [-0.15, -0.1) is 0 Å². The van der Waals surface area contributed by atoms with Crippen molar-refractivity contribution in [3.05, 3.63) is 134 Å². The van der Waals surface area contributed by atoms with Crippen molar-refractivity contribution in [2.24, 2.45) is 5.73 Å². The number of ether oxygens (including phenoxy) is 2. The third-order valence-electron chi connectivity index (χ3n) is 9.01. The fraction of sp³-hybridized carbons (Fsp3) is 0.333. The van der Waals surface area contributed by atoms with Gasteiger partial charge in [-0.05, 0) is 43.5 Å². The zero-order valence-electron chi connectivity index (χ0n) is 26.4. The molecule has 0 aliphatic carbocycles. The molecule has 0 saturated carbocycles. The van der Waals surface area contributed by atoms with Gasteiger partial charge in [0.15, 0.2) is 0 Å². The zero-order valence-corrected chi connectivity index (χ0v) is 26.4. The Kier molecular flexibility index (Phi) is 9.99. The van der Waals surface area contributed by atoms with Gasteiger partial charge in [-0.3, -0.25) is 15.0 Å². The van der Waals surface area contributed by atoms with E-state index >= 15 is 0 Å². The second kappa shape index (κ2) is 14.1. The monoisotopic (exact) mass is 624 g/mol. The molecule has 3 aromatic rings. The predicted molar refractivity (Wildman–Crippen MR) is 175 cm³/mol. The molecule has 10 nitrogen and oxygen atoms in total.